The van der Waals surface area contributed by atoms with Crippen molar-refractivity contribution in [1.29, 1.82) is 0 Å². The van der Waals surface area contributed by atoms with Crippen LogP contribution in [0.4, 0.5) is 8.78 Å². The Hall–Kier alpha value is -1.95. The first kappa shape index (κ1) is 36.2. The molecule has 1 heterocycles. The first-order chi connectivity index (χ1) is 20.1. The van der Waals surface area contributed by atoms with Crippen molar-refractivity contribution in [2.75, 3.05) is 20.3 Å². The van der Waals surface area contributed by atoms with Gasteiger partial charge in [-0.2, -0.15) is 0 Å². The minimum Gasteiger partial charge on any atom is -1.00 e. The maximum atomic E-state index is 14.6. The van der Waals surface area contributed by atoms with E-state index in [1.165, 1.54) is 119 Å². The summed E-state index contributed by atoms with van der Waals surface area (Å²) in [5.41, 5.74) is 3.99. The van der Waals surface area contributed by atoms with Crippen molar-refractivity contribution in [3.8, 4) is 11.5 Å². The lowest BCUT2D eigenvalue weighted by Crippen LogP contribution is -3.00. The lowest BCUT2D eigenvalue weighted by atomic mass is 9.91. The molecule has 236 valence electrons. The van der Waals surface area contributed by atoms with Crippen LogP contribution < -0.4 is 26.5 Å². The highest BCUT2D eigenvalue weighted by atomic mass is 79.9. The van der Waals surface area contributed by atoms with E-state index in [-0.39, 0.29) is 22.8 Å². The second kappa shape index (κ2) is 20.9. The highest BCUT2D eigenvalue weighted by molar-refractivity contribution is 5.99. The molecule has 0 N–H and O–H groups in total. The van der Waals surface area contributed by atoms with E-state index in [0.717, 1.165) is 43.7 Å². The Labute approximate surface area is 264 Å². The topological polar surface area (TPSA) is 21.5 Å². The molecule has 0 saturated carbocycles. The summed E-state index contributed by atoms with van der Waals surface area (Å²) in [6.45, 7) is 6.30. The monoisotopic (exact) mass is 649 g/mol. The molecule has 3 nitrogen and oxygen atoms in total. The number of unbranched alkanes of at least 4 members (excludes halogenated alkanes) is 13. The van der Waals surface area contributed by atoms with Crippen molar-refractivity contribution in [2.45, 2.75) is 130 Å². The molecule has 0 radical (unpaired) electrons. The Kier molecular flexibility index (Phi) is 18.0. The molecular weight excluding hydrogens is 596 g/mol. The maximum Gasteiger partial charge on any atom is 0.184 e. The third kappa shape index (κ3) is 11.6. The number of ether oxygens (including phenoxy) is 2. The van der Waals surface area contributed by atoms with Crippen LogP contribution in [0.5, 0.6) is 11.5 Å². The molecule has 0 aromatic heterocycles. The smallest absolute Gasteiger partial charge is 0.184 e. The first-order valence-corrected chi connectivity index (χ1v) is 16.5. The van der Waals surface area contributed by atoms with Crippen LogP contribution in [0.15, 0.2) is 30.3 Å². The van der Waals surface area contributed by atoms with Crippen LogP contribution in [-0.2, 0) is 13.0 Å². The van der Waals surface area contributed by atoms with Gasteiger partial charge in [-0.1, -0.05) is 97.3 Å². The molecule has 0 spiro atoms. The SMILES string of the molecule is CCCCCCCCCCCC1=[N+](Cc2cc(F)ccc2F)CCc2c1ccc(OC)c2OCCCCCCCC.[Br-]. The average molecular weight is 651 g/mol. The van der Waals surface area contributed by atoms with Gasteiger partial charge in [0.15, 0.2) is 23.8 Å². The van der Waals surface area contributed by atoms with Crippen LogP contribution in [0.3, 0.4) is 0 Å². The number of hydrogen-bond acceptors (Lipinski definition) is 2. The van der Waals surface area contributed by atoms with E-state index in [4.69, 9.17) is 9.47 Å². The van der Waals surface area contributed by atoms with E-state index in [9.17, 15) is 8.78 Å². The number of benzene rings is 2. The fourth-order valence-electron chi connectivity index (χ4n) is 5.99. The first-order valence-electron chi connectivity index (χ1n) is 16.5. The van der Waals surface area contributed by atoms with Crippen molar-refractivity contribution in [3.63, 3.8) is 0 Å². The van der Waals surface area contributed by atoms with Crippen molar-refractivity contribution < 1.29 is 39.8 Å². The number of rotatable bonds is 21. The van der Waals surface area contributed by atoms with Crippen LogP contribution in [0, 0.1) is 11.6 Å². The molecule has 3 rings (SSSR count). The van der Waals surface area contributed by atoms with Crippen molar-refractivity contribution in [3.05, 3.63) is 58.7 Å². The van der Waals surface area contributed by atoms with Gasteiger partial charge in [0.05, 0.1) is 19.3 Å². The van der Waals surface area contributed by atoms with Crippen LogP contribution >= 0.6 is 0 Å². The molecule has 42 heavy (non-hydrogen) atoms. The Morgan fingerprint density at radius 2 is 1.38 bits per heavy atom. The van der Waals surface area contributed by atoms with E-state index in [1.54, 1.807) is 7.11 Å². The zero-order valence-electron chi connectivity index (χ0n) is 26.4. The Morgan fingerprint density at radius 1 is 0.762 bits per heavy atom. The number of halogens is 3. The van der Waals surface area contributed by atoms with Gasteiger partial charge < -0.3 is 26.5 Å². The molecule has 0 bridgehead atoms. The maximum absolute atomic E-state index is 14.6. The van der Waals surface area contributed by atoms with Gasteiger partial charge in [0.1, 0.15) is 18.2 Å². The third-order valence-corrected chi connectivity index (χ3v) is 8.40. The summed E-state index contributed by atoms with van der Waals surface area (Å²) in [7, 11) is 1.70. The summed E-state index contributed by atoms with van der Waals surface area (Å²) in [5, 5.41) is 0. The zero-order valence-corrected chi connectivity index (χ0v) is 28.0. The molecule has 0 atom stereocenters. The van der Waals surface area contributed by atoms with Crippen LogP contribution in [0.25, 0.3) is 0 Å². The van der Waals surface area contributed by atoms with Gasteiger partial charge in [-0.3, -0.25) is 0 Å². The molecular formula is C36H54BrF2NO2. The molecule has 0 amide bonds. The van der Waals surface area contributed by atoms with Crippen molar-refractivity contribution in [2.24, 2.45) is 0 Å². The zero-order chi connectivity index (χ0) is 29.3. The predicted octanol–water partition coefficient (Wildman–Crippen LogP) is 7.20. The van der Waals surface area contributed by atoms with E-state index < -0.39 is 5.82 Å². The molecule has 0 aliphatic carbocycles. The minimum atomic E-state index is -0.394. The van der Waals surface area contributed by atoms with Gasteiger partial charge in [0, 0.05) is 24.0 Å². The lowest BCUT2D eigenvalue weighted by Gasteiger charge is -2.23. The molecule has 0 fully saturated rings. The molecule has 2 aromatic rings. The Morgan fingerprint density at radius 3 is 2.02 bits per heavy atom. The van der Waals surface area contributed by atoms with Gasteiger partial charge in [-0.05, 0) is 43.2 Å². The standard InChI is InChI=1S/C36H54F2NO2.BrH/c1-4-6-8-10-12-13-14-15-17-19-34-31-21-23-35(40-3)36(41-26-18-16-11-9-7-5-2)32(31)24-25-39(34)28-29-27-30(37)20-22-33(29)38;/h20-23,27H,4-19,24-26,28H2,1-3H3;1H/q+1;/p-1. The molecule has 0 unspecified atom stereocenters. The largest absolute Gasteiger partial charge is 1.00 e. The summed E-state index contributed by atoms with van der Waals surface area (Å²) in [4.78, 5) is 0. The highest BCUT2D eigenvalue weighted by Gasteiger charge is 2.30. The van der Waals surface area contributed by atoms with Gasteiger partial charge in [-0.25, -0.2) is 13.4 Å². The molecule has 0 saturated heterocycles. The fourth-order valence-corrected chi connectivity index (χ4v) is 5.99. The van der Waals surface area contributed by atoms with Crippen molar-refractivity contribution >= 4 is 5.71 Å². The van der Waals surface area contributed by atoms with Gasteiger partial charge in [0.25, 0.3) is 0 Å². The summed E-state index contributed by atoms with van der Waals surface area (Å²) in [6.07, 6.45) is 20.5. The van der Waals surface area contributed by atoms with E-state index in [0.29, 0.717) is 18.7 Å². The van der Waals surface area contributed by atoms with Crippen LogP contribution in [-0.4, -0.2) is 30.5 Å². The Bertz CT molecular complexity index is 1090. The van der Waals surface area contributed by atoms with Gasteiger partial charge in [-0.15, -0.1) is 0 Å². The Balaban J connectivity index is 0.00000616. The summed E-state index contributed by atoms with van der Waals surface area (Å²) < 4.78 is 43.0. The average Bonchev–Trinajstić information content (AvgIpc) is 2.98. The molecule has 1 aliphatic rings. The van der Waals surface area contributed by atoms with E-state index >= 15 is 0 Å². The van der Waals surface area contributed by atoms with Gasteiger partial charge >= 0.3 is 0 Å². The number of methoxy groups -OCH3 is 1. The van der Waals surface area contributed by atoms with Crippen molar-refractivity contribution in [1.82, 2.24) is 0 Å². The predicted molar refractivity (Wildman–Crippen MR) is 167 cm³/mol. The fraction of sp³-hybridized carbons (Fsp3) is 0.639. The summed E-state index contributed by atoms with van der Waals surface area (Å²) in [5.74, 6) is 0.897. The molecule has 1 aliphatic heterocycles. The summed E-state index contributed by atoms with van der Waals surface area (Å²) >= 11 is 0. The van der Waals surface area contributed by atoms with Crippen LogP contribution in [0.1, 0.15) is 133 Å². The van der Waals surface area contributed by atoms with E-state index in [1.807, 2.05) is 6.07 Å². The highest BCUT2D eigenvalue weighted by Crippen LogP contribution is 2.37. The second-order valence-electron chi connectivity index (χ2n) is 11.7. The summed E-state index contributed by atoms with van der Waals surface area (Å²) in [6, 6.07) is 7.92. The second-order valence-corrected chi connectivity index (χ2v) is 11.7. The normalized spacial score (nSPS) is 12.7. The number of fused-ring (bicyclic) bond motifs is 1. The number of hydrogen-bond donors (Lipinski definition) is 0. The van der Waals surface area contributed by atoms with Gasteiger partial charge in [0.2, 0.25) is 0 Å². The quantitative estimate of drug-likeness (QED) is 0.105. The third-order valence-electron chi connectivity index (χ3n) is 8.40. The molecule has 2 aromatic carbocycles. The van der Waals surface area contributed by atoms with E-state index in [2.05, 4.69) is 24.5 Å². The minimum absolute atomic E-state index is 0. The molecule has 6 heteroatoms. The number of nitrogens with zero attached hydrogens (tertiary/aromatic N) is 1. The van der Waals surface area contributed by atoms with Crippen LogP contribution in [0.2, 0.25) is 0 Å². The lowest BCUT2D eigenvalue weighted by molar-refractivity contribution is -0.546.